The number of hydrazine groups is 1. The van der Waals surface area contributed by atoms with Gasteiger partial charge in [-0.05, 0) is 104 Å². The predicted molar refractivity (Wildman–Crippen MR) is 221 cm³/mol. The molecule has 5 rings (SSSR count). The zero-order chi connectivity index (χ0) is 43.8. The molecule has 14 nitrogen and oxygen atoms in total. The molecule has 0 spiro atoms. The number of benzene rings is 1. The van der Waals surface area contributed by atoms with Gasteiger partial charge in [0.2, 0.25) is 0 Å². The van der Waals surface area contributed by atoms with Crippen molar-refractivity contribution in [2.75, 3.05) is 34.3 Å². The molecule has 3 aliphatic rings. The minimum absolute atomic E-state index is 0.214. The maximum atomic E-state index is 16.9. The zero-order valence-electron chi connectivity index (χ0n) is 37.0. The fourth-order valence-corrected chi connectivity index (χ4v) is 9.72. The minimum Gasteiger partial charge on any atom is -0.456 e. The number of Topliss-reactive ketones (excluding diaryl/α,β-unsaturated/α-hetero) is 1. The van der Waals surface area contributed by atoms with Crippen LogP contribution in [0, 0.1) is 17.8 Å². The number of aliphatic hydroxyl groups is 1. The third kappa shape index (κ3) is 9.17. The number of esters is 1. The van der Waals surface area contributed by atoms with Crippen LogP contribution in [0.1, 0.15) is 87.1 Å². The van der Waals surface area contributed by atoms with Gasteiger partial charge in [0.25, 0.3) is 5.67 Å². The van der Waals surface area contributed by atoms with Gasteiger partial charge < -0.3 is 39.4 Å². The number of carbonyl (C=O) groups is 3. The van der Waals surface area contributed by atoms with Crippen molar-refractivity contribution in [1.82, 2.24) is 19.9 Å². The summed E-state index contributed by atoms with van der Waals surface area (Å²) in [6, 6.07) is 8.26. The van der Waals surface area contributed by atoms with Crippen LogP contribution in [0.15, 0.2) is 36.5 Å². The van der Waals surface area contributed by atoms with Crippen molar-refractivity contribution in [1.29, 1.82) is 0 Å². The Morgan fingerprint density at radius 2 is 1.75 bits per heavy atom. The lowest BCUT2D eigenvalue weighted by Gasteiger charge is -2.48. The van der Waals surface area contributed by atoms with Gasteiger partial charge in [-0.3, -0.25) is 9.78 Å². The second kappa shape index (κ2) is 18.3. The number of aryl methyl sites for hydroxylation is 1. The van der Waals surface area contributed by atoms with E-state index in [0.717, 1.165) is 29.8 Å². The Morgan fingerprint density at radius 3 is 2.39 bits per heavy atom. The molecule has 330 valence electrons. The number of alkyl halides is 1. The molecule has 3 fully saturated rings. The maximum absolute atomic E-state index is 16.9. The maximum Gasteiger partial charge on any atom is 0.425 e. The van der Waals surface area contributed by atoms with E-state index in [9.17, 15) is 19.5 Å². The molecule has 59 heavy (non-hydrogen) atoms. The second-order valence-electron chi connectivity index (χ2n) is 17.9. The van der Waals surface area contributed by atoms with Crippen molar-refractivity contribution in [2.24, 2.45) is 23.5 Å². The average molecular weight is 830 g/mol. The van der Waals surface area contributed by atoms with Gasteiger partial charge in [-0.25, -0.2) is 24.0 Å². The monoisotopic (exact) mass is 830 g/mol. The number of likely N-dealkylation sites (N-methyl/N-ethyl adjacent to an activating group) is 1. The summed E-state index contributed by atoms with van der Waals surface area (Å²) >= 11 is 0. The Labute approximate surface area is 349 Å². The Hall–Kier alpha value is -3.31. The average Bonchev–Trinajstić information content (AvgIpc) is 3.47. The van der Waals surface area contributed by atoms with E-state index in [1.165, 1.54) is 14.0 Å². The first-order valence-electron chi connectivity index (χ1n) is 21.1. The molecule has 1 aromatic heterocycles. The second-order valence-corrected chi connectivity index (χ2v) is 17.9. The van der Waals surface area contributed by atoms with Crippen LogP contribution in [0.25, 0.3) is 10.9 Å². The van der Waals surface area contributed by atoms with E-state index < -0.39 is 83.2 Å². The predicted octanol–water partition coefficient (Wildman–Crippen LogP) is 5.07. The third-order valence-corrected chi connectivity index (χ3v) is 13.5. The molecule has 1 amide bonds. The van der Waals surface area contributed by atoms with E-state index in [0.29, 0.717) is 25.9 Å². The molecular weight excluding hydrogens is 762 g/mol. The number of nitrogens with two attached hydrogens (primary N) is 1. The first-order valence-corrected chi connectivity index (χ1v) is 21.1. The van der Waals surface area contributed by atoms with E-state index in [2.05, 4.69) is 4.98 Å². The fourth-order valence-electron chi connectivity index (χ4n) is 9.72. The molecule has 4 heterocycles. The number of fused-ring (bicyclic) bond motifs is 2. The molecule has 0 radical (unpaired) electrons. The summed E-state index contributed by atoms with van der Waals surface area (Å²) in [5.74, 6) is -4.64. The Bertz CT molecular complexity index is 1800. The minimum atomic E-state index is -3.14. The number of carbonyl (C=O) groups excluding carboxylic acids is 3. The quantitative estimate of drug-likeness (QED) is 0.241. The lowest BCUT2D eigenvalue weighted by atomic mass is 9.72. The van der Waals surface area contributed by atoms with Gasteiger partial charge in [0.1, 0.15) is 12.2 Å². The molecule has 15 heteroatoms. The first-order chi connectivity index (χ1) is 27.6. The van der Waals surface area contributed by atoms with Gasteiger partial charge >= 0.3 is 12.1 Å². The van der Waals surface area contributed by atoms with Gasteiger partial charge in [-0.15, -0.1) is 0 Å². The Kier molecular flexibility index (Phi) is 14.5. The van der Waals surface area contributed by atoms with E-state index in [-0.39, 0.29) is 24.5 Å². The highest BCUT2D eigenvalue weighted by atomic mass is 19.1. The number of methoxy groups -OCH3 is 1. The number of para-hydroxylation sites is 1. The van der Waals surface area contributed by atoms with Crippen molar-refractivity contribution < 1.29 is 47.6 Å². The number of pyridine rings is 1. The number of hydrogen-bond acceptors (Lipinski definition) is 13. The number of aliphatic hydroxyl groups excluding tert-OH is 1. The highest BCUT2D eigenvalue weighted by Gasteiger charge is 2.62. The van der Waals surface area contributed by atoms with Crippen molar-refractivity contribution in [2.45, 2.75) is 154 Å². The number of nitrogens with zero attached hydrogens (tertiary/aromatic N) is 4. The fraction of sp³-hybridized carbons (Fsp3) is 0.727. The van der Waals surface area contributed by atoms with Crippen LogP contribution in [0.3, 0.4) is 0 Å². The van der Waals surface area contributed by atoms with Crippen LogP contribution < -0.4 is 5.73 Å². The van der Waals surface area contributed by atoms with Gasteiger partial charge in [0, 0.05) is 49.8 Å². The van der Waals surface area contributed by atoms with Gasteiger partial charge in [-0.1, -0.05) is 45.9 Å². The van der Waals surface area contributed by atoms with Gasteiger partial charge in [0.05, 0.1) is 29.4 Å². The number of hydrogen-bond donors (Lipinski definition) is 2. The molecule has 3 aliphatic heterocycles. The van der Waals surface area contributed by atoms with Crippen LogP contribution in [-0.4, -0.2) is 143 Å². The van der Waals surface area contributed by atoms with E-state index >= 15 is 4.39 Å². The van der Waals surface area contributed by atoms with Crippen molar-refractivity contribution in [3.05, 3.63) is 42.1 Å². The van der Waals surface area contributed by atoms with Crippen molar-refractivity contribution >= 4 is 28.7 Å². The topological polar surface area (TPSA) is 166 Å². The molecule has 2 aromatic rings. The molecular formula is C44H68FN5O9. The molecule has 0 bridgehead atoms. The standard InChI is InChI=1S/C44H68FN5O9/c1-13-49(22-16-17-30-20-21-47-32-19-15-14-18-31(30)32)50-36-27(4)34(46)25(2)24-42(7,55-12)38(58-39-35(51)33(48(10)11)23-26(3)56-39)28(5)37(52)43(8,45)40(53)57-29(6)44(36,9)59-41(50)54/h14-15,18-21,25-29,33-36,38-39,51H,13,16-17,22-24,46H2,1-12H3/t25-,26-,27-,28+,29+,33+,34?,35-,36-,38-,39+,42+,43?,44-/m1/s1. The SMILES string of the molecule is CCN(CCCc1ccnc2ccccc12)N1C(=O)O[C@]2(C)[C@H](C)OC(=O)C(C)(F)C(=O)[C@H](C)[C@@H](O[C@@H]3O[C@H](C)C[C@H](N(C)C)[C@H]3O)[C@@](C)(OC)C[C@@H](C)C(N)[C@@H](C)[C@@H]12. The number of ether oxygens (including phenoxy) is 5. The number of rotatable bonds is 10. The summed E-state index contributed by atoms with van der Waals surface area (Å²) < 4.78 is 47.8. The molecule has 0 aliphatic carbocycles. The highest BCUT2D eigenvalue weighted by molar-refractivity contribution is 6.07. The van der Waals surface area contributed by atoms with Gasteiger partial charge in [-0.2, -0.15) is 0 Å². The normalized spacial score (nSPS) is 39.0. The number of ketones is 1. The molecule has 0 saturated carbocycles. The summed E-state index contributed by atoms with van der Waals surface area (Å²) in [6.07, 6.45) is -1.72. The Balaban J connectivity index is 1.51. The van der Waals surface area contributed by atoms with Crippen LogP contribution >= 0.6 is 0 Å². The van der Waals surface area contributed by atoms with Crippen LogP contribution in [0.5, 0.6) is 0 Å². The van der Waals surface area contributed by atoms with E-state index in [1.54, 1.807) is 32.0 Å². The lowest BCUT2D eigenvalue weighted by molar-refractivity contribution is -0.296. The smallest absolute Gasteiger partial charge is 0.425 e. The molecule has 2 unspecified atom stereocenters. The number of aromatic nitrogens is 1. The summed E-state index contributed by atoms with van der Waals surface area (Å²) in [7, 11) is 5.17. The van der Waals surface area contributed by atoms with E-state index in [4.69, 9.17) is 29.4 Å². The summed E-state index contributed by atoms with van der Waals surface area (Å²) in [4.78, 5) is 48.7. The molecule has 3 saturated heterocycles. The van der Waals surface area contributed by atoms with Crippen molar-refractivity contribution in [3.8, 4) is 0 Å². The van der Waals surface area contributed by atoms with Gasteiger partial charge in [0.15, 0.2) is 17.7 Å². The van der Waals surface area contributed by atoms with Crippen LogP contribution in [0.4, 0.5) is 9.18 Å². The number of amides is 1. The van der Waals surface area contributed by atoms with Crippen LogP contribution in [-0.2, 0) is 39.7 Å². The summed E-state index contributed by atoms with van der Waals surface area (Å²) in [5.41, 5.74) is 3.30. The Morgan fingerprint density at radius 1 is 1.07 bits per heavy atom. The summed E-state index contributed by atoms with van der Waals surface area (Å²) in [5, 5.41) is 16.0. The first kappa shape index (κ1) is 46.8. The number of cyclic esters (lactones) is 1. The molecule has 3 N–H and O–H groups in total. The lowest BCUT2D eigenvalue weighted by Crippen LogP contribution is -2.64. The highest BCUT2D eigenvalue weighted by Crippen LogP contribution is 2.44. The largest absolute Gasteiger partial charge is 0.456 e. The molecule has 1 aromatic carbocycles. The third-order valence-electron chi connectivity index (χ3n) is 13.5. The molecule has 14 atom stereocenters. The van der Waals surface area contributed by atoms with E-state index in [1.807, 2.05) is 82.0 Å². The van der Waals surface area contributed by atoms with Crippen LogP contribution in [0.2, 0.25) is 0 Å². The number of halogens is 1. The summed E-state index contributed by atoms with van der Waals surface area (Å²) in [6.45, 7) is 16.0. The van der Waals surface area contributed by atoms with Crippen molar-refractivity contribution in [3.63, 3.8) is 0 Å². The zero-order valence-corrected chi connectivity index (χ0v) is 37.0.